The molecule has 0 bridgehead atoms. The molecular formula is C16H20N4O5S. The van der Waals surface area contributed by atoms with Crippen molar-refractivity contribution >= 4 is 39.5 Å². The van der Waals surface area contributed by atoms with Crippen molar-refractivity contribution in [1.82, 2.24) is 20.6 Å². The highest BCUT2D eigenvalue weighted by molar-refractivity contribution is 7.20. The molecule has 26 heavy (non-hydrogen) atoms. The lowest BCUT2D eigenvalue weighted by Crippen LogP contribution is -2.49. The number of H-pyrrole nitrogens is 1. The topological polar surface area (TPSA) is 130 Å². The molecule has 0 saturated carbocycles. The van der Waals surface area contributed by atoms with Gasteiger partial charge in [-0.05, 0) is 40.2 Å². The van der Waals surface area contributed by atoms with E-state index in [4.69, 9.17) is 4.74 Å². The maximum Gasteiger partial charge on any atom is 0.349 e. The van der Waals surface area contributed by atoms with Gasteiger partial charge in [-0.3, -0.25) is 14.9 Å². The van der Waals surface area contributed by atoms with Crippen LogP contribution in [-0.4, -0.2) is 40.0 Å². The average Bonchev–Trinajstić information content (AvgIpc) is 2.79. The van der Waals surface area contributed by atoms with Crippen molar-refractivity contribution in [2.24, 2.45) is 0 Å². The summed E-state index contributed by atoms with van der Waals surface area (Å²) < 4.78 is 4.94. The first-order valence-electron chi connectivity index (χ1n) is 7.77. The molecule has 10 heteroatoms. The van der Waals surface area contributed by atoms with E-state index in [0.717, 1.165) is 11.3 Å². The van der Waals surface area contributed by atoms with Gasteiger partial charge in [-0.25, -0.2) is 14.6 Å². The van der Waals surface area contributed by atoms with Crippen molar-refractivity contribution in [2.45, 2.75) is 40.2 Å². The number of ether oxygens (including phenoxy) is 1. The number of hydrogen-bond acceptors (Lipinski definition) is 7. The fraction of sp³-hybridized carbons (Fsp3) is 0.438. The van der Waals surface area contributed by atoms with Crippen LogP contribution in [0.3, 0.4) is 0 Å². The number of carbonyl (C=O) groups is 3. The lowest BCUT2D eigenvalue weighted by Gasteiger charge is -2.20. The van der Waals surface area contributed by atoms with E-state index in [1.807, 2.05) is 0 Å². The molecule has 0 radical (unpaired) electrons. The number of rotatable bonds is 3. The van der Waals surface area contributed by atoms with Gasteiger partial charge in [-0.2, -0.15) is 0 Å². The molecule has 0 aliphatic rings. The third-order valence-corrected chi connectivity index (χ3v) is 4.35. The van der Waals surface area contributed by atoms with Crippen molar-refractivity contribution in [1.29, 1.82) is 0 Å². The summed E-state index contributed by atoms with van der Waals surface area (Å²) >= 11 is 1.02. The monoisotopic (exact) mass is 380 g/mol. The zero-order valence-corrected chi connectivity index (χ0v) is 15.9. The standard InChI is InChI=1S/C16H20N4O5S/c1-7-10-12(22)17-8(2)18-13(10)26-11(7)14(23)25-6-9(21)19-15(24)20-16(3,4)5/h6H2,1-5H3,(H,17,18,22)(H2,19,20,21,24). The number of amides is 3. The predicted octanol–water partition coefficient (Wildman–Crippen LogP) is 1.38. The molecule has 3 N–H and O–H groups in total. The molecule has 0 aliphatic heterocycles. The quantitative estimate of drug-likeness (QED) is 0.690. The Kier molecular flexibility index (Phi) is 5.45. The molecule has 3 amide bonds. The second-order valence-corrected chi connectivity index (χ2v) is 7.72. The van der Waals surface area contributed by atoms with E-state index in [9.17, 15) is 19.2 Å². The zero-order valence-electron chi connectivity index (χ0n) is 15.1. The summed E-state index contributed by atoms with van der Waals surface area (Å²) in [7, 11) is 0. The normalized spacial score (nSPS) is 11.3. The van der Waals surface area contributed by atoms with E-state index < -0.39 is 30.1 Å². The Bertz CT molecular complexity index is 938. The third-order valence-electron chi connectivity index (χ3n) is 3.18. The van der Waals surface area contributed by atoms with Gasteiger partial charge in [0.25, 0.3) is 11.5 Å². The molecule has 2 rings (SSSR count). The van der Waals surface area contributed by atoms with Gasteiger partial charge in [0.2, 0.25) is 0 Å². The highest BCUT2D eigenvalue weighted by atomic mass is 32.1. The van der Waals surface area contributed by atoms with Crippen LogP contribution >= 0.6 is 11.3 Å². The van der Waals surface area contributed by atoms with Crippen molar-refractivity contribution in [3.8, 4) is 0 Å². The van der Waals surface area contributed by atoms with Gasteiger partial charge < -0.3 is 15.0 Å². The Hall–Kier alpha value is -2.75. The van der Waals surface area contributed by atoms with Crippen LogP contribution in [0.15, 0.2) is 4.79 Å². The average molecular weight is 380 g/mol. The van der Waals surface area contributed by atoms with Gasteiger partial charge in [0.15, 0.2) is 6.61 Å². The molecule has 9 nitrogen and oxygen atoms in total. The number of carbonyl (C=O) groups excluding carboxylic acids is 3. The highest BCUT2D eigenvalue weighted by Crippen LogP contribution is 2.27. The number of urea groups is 1. The number of imide groups is 1. The molecule has 2 aromatic heterocycles. The molecule has 0 unspecified atom stereocenters. The second kappa shape index (κ2) is 7.24. The first kappa shape index (κ1) is 19.6. The van der Waals surface area contributed by atoms with E-state index in [1.54, 1.807) is 34.6 Å². The van der Waals surface area contributed by atoms with Gasteiger partial charge in [0.05, 0.1) is 5.39 Å². The summed E-state index contributed by atoms with van der Waals surface area (Å²) in [5, 5.41) is 4.94. The number of fused-ring (bicyclic) bond motifs is 1. The number of esters is 1. The molecule has 2 aromatic rings. The van der Waals surface area contributed by atoms with Crippen LogP contribution in [0.25, 0.3) is 10.2 Å². The summed E-state index contributed by atoms with van der Waals surface area (Å²) in [4.78, 5) is 54.9. The van der Waals surface area contributed by atoms with Crippen LogP contribution in [0.2, 0.25) is 0 Å². The summed E-state index contributed by atoms with van der Waals surface area (Å²) in [5.74, 6) is -1.08. The Balaban J connectivity index is 2.05. The summed E-state index contributed by atoms with van der Waals surface area (Å²) in [6.07, 6.45) is 0. The molecule has 0 spiro atoms. The zero-order chi connectivity index (χ0) is 19.6. The summed E-state index contributed by atoms with van der Waals surface area (Å²) in [6.45, 7) is 7.92. The first-order chi connectivity index (χ1) is 12.0. The van der Waals surface area contributed by atoms with Crippen LogP contribution in [0, 0.1) is 13.8 Å². The van der Waals surface area contributed by atoms with Crippen LogP contribution in [0.5, 0.6) is 0 Å². The van der Waals surface area contributed by atoms with E-state index >= 15 is 0 Å². The van der Waals surface area contributed by atoms with Crippen LogP contribution < -0.4 is 16.2 Å². The summed E-state index contributed by atoms with van der Waals surface area (Å²) in [5.41, 5.74) is -0.403. The van der Waals surface area contributed by atoms with E-state index in [-0.39, 0.29) is 10.4 Å². The van der Waals surface area contributed by atoms with Gasteiger partial charge in [0.1, 0.15) is 15.5 Å². The van der Waals surface area contributed by atoms with Crippen LogP contribution in [0.1, 0.15) is 41.8 Å². The third kappa shape index (κ3) is 4.66. The minimum Gasteiger partial charge on any atom is -0.451 e. The Morgan fingerprint density at radius 2 is 1.88 bits per heavy atom. The maximum absolute atomic E-state index is 12.2. The van der Waals surface area contributed by atoms with Crippen molar-refractivity contribution < 1.29 is 19.1 Å². The van der Waals surface area contributed by atoms with Gasteiger partial charge in [-0.15, -0.1) is 11.3 Å². The maximum atomic E-state index is 12.2. The molecule has 0 aromatic carbocycles. The van der Waals surface area contributed by atoms with E-state index in [0.29, 0.717) is 21.6 Å². The Labute approximate surface area is 153 Å². The number of aromatic amines is 1. The second-order valence-electron chi connectivity index (χ2n) is 6.72. The number of aromatic nitrogens is 2. The number of thiophene rings is 1. The minimum atomic E-state index is -0.759. The Morgan fingerprint density at radius 1 is 1.23 bits per heavy atom. The fourth-order valence-corrected chi connectivity index (χ4v) is 3.30. The lowest BCUT2D eigenvalue weighted by molar-refractivity contribution is -0.123. The molecule has 0 fully saturated rings. The van der Waals surface area contributed by atoms with Crippen molar-refractivity contribution in [2.75, 3.05) is 6.61 Å². The number of nitrogens with one attached hydrogen (secondary N) is 3. The SMILES string of the molecule is Cc1nc2sc(C(=O)OCC(=O)NC(=O)NC(C)(C)C)c(C)c2c(=O)[nH]1. The Morgan fingerprint density at radius 3 is 2.50 bits per heavy atom. The lowest BCUT2D eigenvalue weighted by atomic mass is 10.1. The molecule has 2 heterocycles. The predicted molar refractivity (Wildman–Crippen MR) is 96.4 cm³/mol. The van der Waals surface area contributed by atoms with Crippen LogP contribution in [0.4, 0.5) is 4.79 Å². The van der Waals surface area contributed by atoms with Gasteiger partial charge in [0, 0.05) is 5.54 Å². The molecule has 0 saturated heterocycles. The van der Waals surface area contributed by atoms with Gasteiger partial charge in [-0.1, -0.05) is 0 Å². The highest BCUT2D eigenvalue weighted by Gasteiger charge is 2.21. The number of aryl methyl sites for hydroxylation is 2. The van der Waals surface area contributed by atoms with Crippen LogP contribution in [-0.2, 0) is 9.53 Å². The number of hydrogen-bond donors (Lipinski definition) is 3. The largest absolute Gasteiger partial charge is 0.451 e. The van der Waals surface area contributed by atoms with Crippen molar-refractivity contribution in [3.05, 3.63) is 26.6 Å². The smallest absolute Gasteiger partial charge is 0.349 e. The molecule has 140 valence electrons. The van der Waals surface area contributed by atoms with E-state index in [1.165, 1.54) is 0 Å². The molecule has 0 atom stereocenters. The summed E-state index contributed by atoms with van der Waals surface area (Å²) in [6, 6.07) is -0.678. The van der Waals surface area contributed by atoms with Gasteiger partial charge >= 0.3 is 12.0 Å². The van der Waals surface area contributed by atoms with Crippen molar-refractivity contribution in [3.63, 3.8) is 0 Å². The number of nitrogens with zero attached hydrogens (tertiary/aromatic N) is 1. The molecular weight excluding hydrogens is 360 g/mol. The first-order valence-corrected chi connectivity index (χ1v) is 8.58. The minimum absolute atomic E-state index is 0.190. The molecule has 0 aliphatic carbocycles. The van der Waals surface area contributed by atoms with E-state index in [2.05, 4.69) is 20.6 Å². The fourth-order valence-electron chi connectivity index (χ4n) is 2.18.